The molecule has 1 unspecified atom stereocenters. The van der Waals surface area contributed by atoms with Crippen LogP contribution in [0.3, 0.4) is 0 Å². The van der Waals surface area contributed by atoms with Crippen molar-refractivity contribution < 1.29 is 35.8 Å². The highest BCUT2D eigenvalue weighted by atomic mass is 19.4. The third-order valence-electron chi connectivity index (χ3n) is 5.31. The lowest BCUT2D eigenvalue weighted by molar-refractivity contribution is -0.139. The van der Waals surface area contributed by atoms with E-state index in [2.05, 4.69) is 16.7 Å². The molecule has 0 saturated heterocycles. The Morgan fingerprint density at radius 2 is 1.56 bits per heavy atom. The molecule has 2 rings (SSSR count). The van der Waals surface area contributed by atoms with Crippen LogP contribution in [0.5, 0.6) is 11.5 Å². The van der Waals surface area contributed by atoms with Gasteiger partial charge in [0.25, 0.3) is 0 Å². The van der Waals surface area contributed by atoms with Crippen molar-refractivity contribution in [3.05, 3.63) is 58.7 Å². The fourth-order valence-electron chi connectivity index (χ4n) is 3.59. The first kappa shape index (κ1) is 29.2. The lowest BCUT2D eigenvalue weighted by Crippen LogP contribution is -2.25. The maximum absolute atomic E-state index is 13.5. The SMILES string of the molecule is C=NCc1ccc(OC(CCCC(C)C)COc2ccc(C=NC)c(C(F)(F)F)c2)cc1C(F)(F)F. The quantitative estimate of drug-likeness (QED) is 0.215. The Labute approximate surface area is 207 Å². The number of alkyl halides is 6. The van der Waals surface area contributed by atoms with Gasteiger partial charge in [0.1, 0.15) is 24.2 Å². The van der Waals surface area contributed by atoms with Gasteiger partial charge in [-0.3, -0.25) is 9.98 Å². The molecular formula is C26H30F6N2O2. The Morgan fingerprint density at radius 3 is 2.14 bits per heavy atom. The van der Waals surface area contributed by atoms with Crippen LogP contribution in [0.4, 0.5) is 26.3 Å². The van der Waals surface area contributed by atoms with Crippen LogP contribution in [0.2, 0.25) is 0 Å². The summed E-state index contributed by atoms with van der Waals surface area (Å²) in [5, 5.41) is 0. The molecule has 0 spiro atoms. The molecule has 0 aromatic heterocycles. The summed E-state index contributed by atoms with van der Waals surface area (Å²) in [6.45, 7) is 6.97. The minimum Gasteiger partial charge on any atom is -0.490 e. The van der Waals surface area contributed by atoms with Crippen LogP contribution in [0.1, 0.15) is 55.4 Å². The van der Waals surface area contributed by atoms with Crippen LogP contribution in [-0.4, -0.2) is 32.7 Å². The van der Waals surface area contributed by atoms with Crippen molar-refractivity contribution in [3.8, 4) is 11.5 Å². The molecule has 0 aliphatic heterocycles. The predicted molar refractivity (Wildman–Crippen MR) is 128 cm³/mol. The van der Waals surface area contributed by atoms with Crippen molar-refractivity contribution in [2.45, 2.75) is 58.1 Å². The van der Waals surface area contributed by atoms with E-state index in [0.717, 1.165) is 24.8 Å². The van der Waals surface area contributed by atoms with Crippen molar-refractivity contribution >= 4 is 12.9 Å². The molecule has 0 aliphatic carbocycles. The fraction of sp³-hybridized carbons (Fsp3) is 0.462. The lowest BCUT2D eigenvalue weighted by atomic mass is 10.0. The van der Waals surface area contributed by atoms with Gasteiger partial charge in [0.15, 0.2) is 0 Å². The van der Waals surface area contributed by atoms with Gasteiger partial charge in [0.05, 0.1) is 17.7 Å². The Bertz CT molecular complexity index is 1030. The first-order valence-electron chi connectivity index (χ1n) is 11.4. The Balaban J connectivity index is 2.26. The zero-order chi connectivity index (χ0) is 26.9. The van der Waals surface area contributed by atoms with Crippen LogP contribution in [-0.2, 0) is 18.9 Å². The Kier molecular flexibility index (Phi) is 10.4. The van der Waals surface area contributed by atoms with E-state index in [1.54, 1.807) is 0 Å². The predicted octanol–water partition coefficient (Wildman–Crippen LogP) is 7.63. The molecule has 36 heavy (non-hydrogen) atoms. The molecular weight excluding hydrogens is 486 g/mol. The topological polar surface area (TPSA) is 43.2 Å². The van der Waals surface area contributed by atoms with E-state index < -0.39 is 29.6 Å². The fourth-order valence-corrected chi connectivity index (χ4v) is 3.59. The molecule has 1 atom stereocenters. The van der Waals surface area contributed by atoms with Gasteiger partial charge < -0.3 is 9.47 Å². The highest BCUT2D eigenvalue weighted by Gasteiger charge is 2.35. The molecule has 0 heterocycles. The summed E-state index contributed by atoms with van der Waals surface area (Å²) in [5.41, 5.74) is -1.91. The number of nitrogens with zero attached hydrogens (tertiary/aromatic N) is 2. The van der Waals surface area contributed by atoms with Gasteiger partial charge in [0, 0.05) is 18.8 Å². The van der Waals surface area contributed by atoms with Crippen LogP contribution in [0.25, 0.3) is 0 Å². The van der Waals surface area contributed by atoms with Crippen molar-refractivity contribution in [2.75, 3.05) is 13.7 Å². The summed E-state index contributed by atoms with van der Waals surface area (Å²) in [4.78, 5) is 7.18. The first-order chi connectivity index (χ1) is 16.8. The molecule has 0 radical (unpaired) electrons. The maximum Gasteiger partial charge on any atom is 0.417 e. The summed E-state index contributed by atoms with van der Waals surface area (Å²) >= 11 is 0. The minimum atomic E-state index is -4.61. The monoisotopic (exact) mass is 516 g/mol. The van der Waals surface area contributed by atoms with Gasteiger partial charge in [-0.05, 0) is 61.4 Å². The second kappa shape index (κ2) is 12.8. The van der Waals surface area contributed by atoms with E-state index in [1.807, 2.05) is 13.8 Å². The third kappa shape index (κ3) is 8.87. The minimum absolute atomic E-state index is 0.0150. The first-order valence-corrected chi connectivity index (χ1v) is 11.4. The van der Waals surface area contributed by atoms with E-state index in [1.165, 1.54) is 31.3 Å². The van der Waals surface area contributed by atoms with Crippen LogP contribution in [0.15, 0.2) is 46.4 Å². The summed E-state index contributed by atoms with van der Waals surface area (Å²) in [6, 6.07) is 7.10. The molecule has 0 N–H and O–H groups in total. The molecule has 10 heteroatoms. The summed E-state index contributed by atoms with van der Waals surface area (Å²) in [6.07, 6.45) is -6.80. The van der Waals surface area contributed by atoms with Crippen molar-refractivity contribution in [1.82, 2.24) is 0 Å². The molecule has 2 aromatic rings. The van der Waals surface area contributed by atoms with Gasteiger partial charge in [-0.2, -0.15) is 26.3 Å². The molecule has 0 amide bonds. The Morgan fingerprint density at radius 1 is 0.917 bits per heavy atom. The van der Waals surface area contributed by atoms with Crippen molar-refractivity contribution in [2.24, 2.45) is 15.9 Å². The van der Waals surface area contributed by atoms with Crippen LogP contribution in [0, 0.1) is 5.92 Å². The second-order valence-corrected chi connectivity index (χ2v) is 8.71. The zero-order valence-electron chi connectivity index (χ0n) is 20.4. The summed E-state index contributed by atoms with van der Waals surface area (Å²) < 4.78 is 92.4. The summed E-state index contributed by atoms with van der Waals surface area (Å²) in [7, 11) is 1.37. The highest BCUT2D eigenvalue weighted by Crippen LogP contribution is 2.36. The summed E-state index contributed by atoms with van der Waals surface area (Å²) in [5.74, 6) is 0.353. The van der Waals surface area contributed by atoms with E-state index in [0.29, 0.717) is 18.8 Å². The van der Waals surface area contributed by atoms with Gasteiger partial charge >= 0.3 is 12.4 Å². The van der Waals surface area contributed by atoms with Gasteiger partial charge in [-0.1, -0.05) is 26.3 Å². The van der Waals surface area contributed by atoms with Gasteiger partial charge in [-0.25, -0.2) is 0 Å². The number of rotatable bonds is 12. The molecule has 0 bridgehead atoms. The number of ether oxygens (including phenoxy) is 2. The Hall–Kier alpha value is -3.04. The van der Waals surface area contributed by atoms with E-state index in [4.69, 9.17) is 9.47 Å². The molecule has 4 nitrogen and oxygen atoms in total. The van der Waals surface area contributed by atoms with Gasteiger partial charge in [0.2, 0.25) is 0 Å². The number of halogens is 6. The van der Waals surface area contributed by atoms with Crippen molar-refractivity contribution in [3.63, 3.8) is 0 Å². The largest absolute Gasteiger partial charge is 0.490 e. The van der Waals surface area contributed by atoms with Gasteiger partial charge in [-0.15, -0.1) is 0 Å². The molecule has 0 saturated carbocycles. The number of hydrogen-bond donors (Lipinski definition) is 0. The number of aliphatic imine (C=N–C) groups is 2. The number of benzene rings is 2. The average molecular weight is 517 g/mol. The third-order valence-corrected chi connectivity index (χ3v) is 5.31. The van der Waals surface area contributed by atoms with E-state index in [9.17, 15) is 26.3 Å². The van der Waals surface area contributed by atoms with Crippen LogP contribution < -0.4 is 9.47 Å². The standard InChI is InChI=1S/C26H30F6N2O2/c1-17(2)6-5-7-22(36-21-11-9-19(15-34-4)24(13-21)26(30,31)32)16-35-20-10-8-18(14-33-3)23(12-20)25(27,28)29/h8-14,17,22H,4-7,15-16H2,1-3H3. The zero-order valence-corrected chi connectivity index (χ0v) is 20.4. The molecule has 198 valence electrons. The smallest absolute Gasteiger partial charge is 0.417 e. The molecule has 0 fully saturated rings. The van der Waals surface area contributed by atoms with Crippen LogP contribution >= 0.6 is 0 Å². The molecule has 2 aromatic carbocycles. The average Bonchev–Trinajstić information content (AvgIpc) is 2.77. The number of hydrogen-bond acceptors (Lipinski definition) is 4. The van der Waals surface area contributed by atoms with E-state index in [-0.39, 0.29) is 35.8 Å². The molecule has 0 aliphatic rings. The lowest BCUT2D eigenvalue weighted by Gasteiger charge is -2.22. The second-order valence-electron chi connectivity index (χ2n) is 8.71. The van der Waals surface area contributed by atoms with Crippen molar-refractivity contribution in [1.29, 1.82) is 0 Å². The maximum atomic E-state index is 13.5. The van der Waals surface area contributed by atoms with E-state index >= 15 is 0 Å². The highest BCUT2D eigenvalue weighted by molar-refractivity contribution is 5.82. The normalized spacial score (nSPS) is 13.3.